The highest BCUT2D eigenvalue weighted by Crippen LogP contribution is 2.26. The van der Waals surface area contributed by atoms with Crippen molar-refractivity contribution in [3.63, 3.8) is 0 Å². The number of unbranched alkanes of at least 4 members (excludes halogenated alkanes) is 10. The van der Waals surface area contributed by atoms with Gasteiger partial charge in [-0.05, 0) is 51.4 Å². The van der Waals surface area contributed by atoms with Gasteiger partial charge in [0.25, 0.3) is 0 Å². The molecule has 0 aromatic carbocycles. The van der Waals surface area contributed by atoms with Gasteiger partial charge in [0, 0.05) is 13.2 Å². The van der Waals surface area contributed by atoms with E-state index in [1.807, 2.05) is 0 Å². The van der Waals surface area contributed by atoms with Gasteiger partial charge < -0.3 is 14.2 Å². The Morgan fingerprint density at radius 1 is 0.581 bits per heavy atom. The summed E-state index contributed by atoms with van der Waals surface area (Å²) in [6, 6.07) is 0. The smallest absolute Gasteiger partial charge is 0.0598 e. The number of hydrogen-bond acceptors (Lipinski definition) is 3. The van der Waals surface area contributed by atoms with E-state index >= 15 is 0 Å². The molecule has 2 rings (SSSR count). The van der Waals surface area contributed by atoms with Crippen LogP contribution in [0.3, 0.4) is 0 Å². The first-order chi connectivity index (χ1) is 15.3. The average molecular weight is 439 g/mol. The highest BCUT2D eigenvalue weighted by atomic mass is 16.5. The molecule has 3 heteroatoms. The highest BCUT2D eigenvalue weighted by molar-refractivity contribution is 4.74. The normalized spacial score (nSPS) is 22.6. The van der Waals surface area contributed by atoms with Crippen LogP contribution in [-0.2, 0) is 14.2 Å². The van der Waals surface area contributed by atoms with E-state index in [0.717, 1.165) is 13.2 Å². The van der Waals surface area contributed by atoms with Gasteiger partial charge in [-0.1, -0.05) is 90.9 Å². The Kier molecular flexibility index (Phi) is 16.0. The van der Waals surface area contributed by atoms with Gasteiger partial charge in [0.05, 0.1) is 24.4 Å². The maximum Gasteiger partial charge on any atom is 0.0598 e. The molecule has 0 N–H and O–H groups in total. The van der Waals surface area contributed by atoms with E-state index in [1.54, 1.807) is 0 Å². The summed E-state index contributed by atoms with van der Waals surface area (Å²) < 4.78 is 18.2. The summed E-state index contributed by atoms with van der Waals surface area (Å²) in [5.74, 6) is 0. The van der Waals surface area contributed by atoms with Crippen LogP contribution >= 0.6 is 0 Å². The van der Waals surface area contributed by atoms with E-state index < -0.39 is 0 Å². The number of ether oxygens (including phenoxy) is 3. The van der Waals surface area contributed by atoms with Crippen LogP contribution in [0.1, 0.15) is 142 Å². The first-order valence-electron chi connectivity index (χ1n) is 14.2. The minimum atomic E-state index is 0.433. The van der Waals surface area contributed by atoms with Gasteiger partial charge in [0.2, 0.25) is 0 Å². The summed E-state index contributed by atoms with van der Waals surface area (Å²) in [7, 11) is 0. The molecule has 2 saturated heterocycles. The molecule has 0 amide bonds. The van der Waals surface area contributed by atoms with Crippen LogP contribution in [0, 0.1) is 0 Å². The van der Waals surface area contributed by atoms with Gasteiger partial charge in [-0.25, -0.2) is 0 Å². The topological polar surface area (TPSA) is 27.7 Å². The van der Waals surface area contributed by atoms with Crippen molar-refractivity contribution in [2.75, 3.05) is 13.2 Å². The van der Waals surface area contributed by atoms with Crippen LogP contribution in [0.4, 0.5) is 0 Å². The van der Waals surface area contributed by atoms with Gasteiger partial charge in [0.15, 0.2) is 0 Å². The summed E-state index contributed by atoms with van der Waals surface area (Å²) in [5.41, 5.74) is 0. The molecule has 0 aliphatic carbocycles. The third kappa shape index (κ3) is 13.2. The Hall–Kier alpha value is -0.120. The molecule has 0 aromatic rings. The van der Waals surface area contributed by atoms with E-state index in [9.17, 15) is 0 Å². The van der Waals surface area contributed by atoms with Gasteiger partial charge in [-0.2, -0.15) is 0 Å². The largest absolute Gasteiger partial charge is 0.378 e. The van der Waals surface area contributed by atoms with Crippen LogP contribution in [0.2, 0.25) is 0 Å². The molecule has 0 radical (unpaired) electrons. The zero-order valence-corrected chi connectivity index (χ0v) is 21.1. The quantitative estimate of drug-likeness (QED) is 0.159. The highest BCUT2D eigenvalue weighted by Gasteiger charge is 2.24. The fraction of sp³-hybridized carbons (Fsp3) is 1.00. The second-order valence-electron chi connectivity index (χ2n) is 10.2. The van der Waals surface area contributed by atoms with Crippen LogP contribution < -0.4 is 0 Å². The standard InChI is InChI=1S/C28H54O3/c1-3-5-7-9-11-13-15-27(19-17-25-21-23-29-25)31-28(20-18-26-22-24-30-26)16-14-12-10-8-6-4-2/h25-28H,3-24H2,1-2H3. The predicted octanol–water partition coefficient (Wildman–Crippen LogP) is 8.38. The monoisotopic (exact) mass is 438 g/mol. The lowest BCUT2D eigenvalue weighted by atomic mass is 9.98. The molecule has 0 bridgehead atoms. The molecule has 0 aromatic heterocycles. The summed E-state index contributed by atoms with van der Waals surface area (Å²) in [4.78, 5) is 0. The summed E-state index contributed by atoms with van der Waals surface area (Å²) in [6.45, 7) is 6.53. The minimum absolute atomic E-state index is 0.433. The Morgan fingerprint density at radius 2 is 0.968 bits per heavy atom. The van der Waals surface area contributed by atoms with E-state index in [-0.39, 0.29) is 0 Å². The lowest BCUT2D eigenvalue weighted by Gasteiger charge is -2.32. The predicted molar refractivity (Wildman–Crippen MR) is 132 cm³/mol. The Bertz CT molecular complexity index is 356. The summed E-state index contributed by atoms with van der Waals surface area (Å²) in [6.07, 6.45) is 28.1. The molecular weight excluding hydrogens is 384 g/mol. The molecular formula is C28H54O3. The van der Waals surface area contributed by atoms with Gasteiger partial charge in [-0.15, -0.1) is 0 Å². The molecule has 31 heavy (non-hydrogen) atoms. The second kappa shape index (κ2) is 18.3. The number of rotatable bonds is 22. The number of hydrogen-bond donors (Lipinski definition) is 0. The second-order valence-corrected chi connectivity index (χ2v) is 10.2. The fourth-order valence-corrected chi connectivity index (χ4v) is 4.91. The molecule has 184 valence electrons. The molecule has 2 aliphatic rings. The van der Waals surface area contributed by atoms with Crippen LogP contribution in [0.25, 0.3) is 0 Å². The van der Waals surface area contributed by atoms with Crippen molar-refractivity contribution in [3.05, 3.63) is 0 Å². The van der Waals surface area contributed by atoms with Gasteiger partial charge >= 0.3 is 0 Å². The van der Waals surface area contributed by atoms with Crippen LogP contribution in [-0.4, -0.2) is 37.6 Å². The third-order valence-corrected chi connectivity index (χ3v) is 7.35. The molecule has 0 saturated carbocycles. The molecule has 2 heterocycles. The lowest BCUT2D eigenvalue weighted by molar-refractivity contribution is -0.0860. The van der Waals surface area contributed by atoms with E-state index in [2.05, 4.69) is 13.8 Å². The Labute approximate surface area is 194 Å². The zero-order valence-electron chi connectivity index (χ0n) is 21.1. The van der Waals surface area contributed by atoms with Crippen molar-refractivity contribution in [1.29, 1.82) is 0 Å². The minimum Gasteiger partial charge on any atom is -0.378 e. The zero-order chi connectivity index (χ0) is 22.0. The molecule has 2 aliphatic heterocycles. The van der Waals surface area contributed by atoms with E-state index in [4.69, 9.17) is 14.2 Å². The van der Waals surface area contributed by atoms with Crippen LogP contribution in [0.5, 0.6) is 0 Å². The van der Waals surface area contributed by atoms with Crippen molar-refractivity contribution in [3.8, 4) is 0 Å². The lowest BCUT2D eigenvalue weighted by Crippen LogP contribution is -2.31. The van der Waals surface area contributed by atoms with E-state index in [1.165, 1.54) is 128 Å². The average Bonchev–Trinajstić information content (AvgIpc) is 2.70. The van der Waals surface area contributed by atoms with Gasteiger partial charge in [0.1, 0.15) is 0 Å². The van der Waals surface area contributed by atoms with Crippen molar-refractivity contribution in [1.82, 2.24) is 0 Å². The van der Waals surface area contributed by atoms with Crippen molar-refractivity contribution in [2.24, 2.45) is 0 Å². The first-order valence-corrected chi connectivity index (χ1v) is 14.2. The Balaban J connectivity index is 1.73. The van der Waals surface area contributed by atoms with Crippen molar-refractivity contribution < 1.29 is 14.2 Å². The van der Waals surface area contributed by atoms with Crippen molar-refractivity contribution >= 4 is 0 Å². The third-order valence-electron chi connectivity index (χ3n) is 7.35. The van der Waals surface area contributed by atoms with Gasteiger partial charge in [-0.3, -0.25) is 0 Å². The maximum atomic E-state index is 6.83. The molecule has 4 unspecified atom stereocenters. The molecule has 2 fully saturated rings. The molecule has 3 nitrogen and oxygen atoms in total. The fourth-order valence-electron chi connectivity index (χ4n) is 4.91. The van der Waals surface area contributed by atoms with Crippen LogP contribution in [0.15, 0.2) is 0 Å². The first kappa shape index (κ1) is 27.1. The molecule has 0 spiro atoms. The SMILES string of the molecule is CCCCCCCCC(CCC1CCO1)OC(CCCCCCCC)CCC1CCO1. The maximum absolute atomic E-state index is 6.83. The molecule has 4 atom stereocenters. The van der Waals surface area contributed by atoms with Crippen molar-refractivity contribution in [2.45, 2.75) is 167 Å². The van der Waals surface area contributed by atoms with E-state index in [0.29, 0.717) is 24.4 Å². The summed E-state index contributed by atoms with van der Waals surface area (Å²) >= 11 is 0. The Morgan fingerprint density at radius 3 is 1.32 bits per heavy atom. The summed E-state index contributed by atoms with van der Waals surface area (Å²) in [5, 5.41) is 0.